The molecule has 3 nitrogen and oxygen atoms in total. The minimum atomic E-state index is 0.639. The Balaban J connectivity index is 2.00. The van der Waals surface area contributed by atoms with E-state index in [-0.39, 0.29) is 0 Å². The summed E-state index contributed by atoms with van der Waals surface area (Å²) in [5, 5.41) is 8.06. The molecule has 0 aliphatic carbocycles. The second-order valence-electron chi connectivity index (χ2n) is 4.10. The van der Waals surface area contributed by atoms with Crippen LogP contribution in [0.2, 0.25) is 0 Å². The highest BCUT2D eigenvalue weighted by molar-refractivity contribution is 7.99. The van der Waals surface area contributed by atoms with Crippen LogP contribution in [0.5, 0.6) is 0 Å². The largest absolute Gasteiger partial charge is 0.367 e. The van der Waals surface area contributed by atoms with Crippen LogP contribution in [0.4, 0.5) is 5.82 Å². The van der Waals surface area contributed by atoms with E-state index < -0.39 is 0 Å². The van der Waals surface area contributed by atoms with Gasteiger partial charge in [0.1, 0.15) is 5.82 Å². The number of aromatic nitrogens is 2. The Morgan fingerprint density at radius 2 is 2.53 bits per heavy atom. The van der Waals surface area contributed by atoms with E-state index in [9.17, 15) is 0 Å². The van der Waals surface area contributed by atoms with E-state index in [1.807, 2.05) is 23.5 Å². The van der Waals surface area contributed by atoms with Crippen molar-refractivity contribution < 1.29 is 0 Å². The first kappa shape index (κ1) is 10.9. The smallest absolute Gasteiger partial charge is 0.124 e. The Labute approximate surface area is 95.6 Å². The molecule has 0 spiro atoms. The van der Waals surface area contributed by atoms with Gasteiger partial charge in [-0.15, -0.1) is 0 Å². The summed E-state index contributed by atoms with van der Waals surface area (Å²) in [5.74, 6) is 3.69. The number of rotatable bonds is 4. The number of nitrogens with zero attached hydrogens (tertiary/aromatic N) is 2. The van der Waals surface area contributed by atoms with Gasteiger partial charge in [0.25, 0.3) is 0 Å². The molecule has 84 valence electrons. The number of nitrogens with one attached hydrogen (secondary N) is 1. The van der Waals surface area contributed by atoms with Gasteiger partial charge in [0.05, 0.1) is 5.69 Å². The number of hydrogen-bond acceptors (Lipinski definition) is 3. The van der Waals surface area contributed by atoms with Gasteiger partial charge in [0.2, 0.25) is 0 Å². The van der Waals surface area contributed by atoms with E-state index in [0.717, 1.165) is 12.8 Å². The Bertz CT molecular complexity index is 316. The van der Waals surface area contributed by atoms with Crippen LogP contribution >= 0.6 is 11.8 Å². The number of anilines is 1. The molecule has 0 amide bonds. The zero-order valence-corrected chi connectivity index (χ0v) is 10.3. The van der Waals surface area contributed by atoms with Crippen molar-refractivity contribution in [3.8, 4) is 0 Å². The molecule has 1 saturated heterocycles. The monoisotopic (exact) mass is 225 g/mol. The molecule has 1 aliphatic rings. The van der Waals surface area contributed by atoms with Gasteiger partial charge in [-0.1, -0.05) is 13.3 Å². The summed E-state index contributed by atoms with van der Waals surface area (Å²) in [6.07, 6.45) is 3.52. The first-order valence-corrected chi connectivity index (χ1v) is 6.82. The van der Waals surface area contributed by atoms with Gasteiger partial charge in [-0.3, -0.25) is 4.68 Å². The summed E-state index contributed by atoms with van der Waals surface area (Å²) in [7, 11) is 2.02. The Morgan fingerprint density at radius 3 is 3.20 bits per heavy atom. The fourth-order valence-electron chi connectivity index (χ4n) is 1.90. The first-order valence-electron chi connectivity index (χ1n) is 5.66. The number of thioether (sulfide) groups is 1. The molecular formula is C11H19N3S. The minimum absolute atomic E-state index is 0.639. The molecule has 0 saturated carbocycles. The van der Waals surface area contributed by atoms with Crippen LogP contribution in [-0.2, 0) is 13.5 Å². The molecule has 0 bridgehead atoms. The molecular weight excluding hydrogens is 206 g/mol. The summed E-state index contributed by atoms with van der Waals surface area (Å²) in [6, 6.07) is 2.83. The fraction of sp³-hybridized carbons (Fsp3) is 0.727. The van der Waals surface area contributed by atoms with Gasteiger partial charge in [0.15, 0.2) is 0 Å². The quantitative estimate of drug-likeness (QED) is 0.852. The molecule has 1 aromatic rings. The van der Waals surface area contributed by atoms with Crippen molar-refractivity contribution in [1.82, 2.24) is 9.78 Å². The maximum atomic E-state index is 4.49. The van der Waals surface area contributed by atoms with Crippen LogP contribution in [0.15, 0.2) is 6.07 Å². The Hall–Kier alpha value is -0.640. The second kappa shape index (κ2) is 4.92. The van der Waals surface area contributed by atoms with Gasteiger partial charge in [-0.25, -0.2) is 0 Å². The molecule has 15 heavy (non-hydrogen) atoms. The topological polar surface area (TPSA) is 29.9 Å². The maximum Gasteiger partial charge on any atom is 0.124 e. The molecule has 2 rings (SSSR count). The van der Waals surface area contributed by atoms with Crippen LogP contribution in [0, 0.1) is 0 Å². The molecule has 1 aromatic heterocycles. The van der Waals surface area contributed by atoms with Crippen molar-refractivity contribution in [3.63, 3.8) is 0 Å². The zero-order valence-electron chi connectivity index (χ0n) is 9.49. The van der Waals surface area contributed by atoms with Crippen LogP contribution in [0.25, 0.3) is 0 Å². The molecule has 0 aromatic carbocycles. The van der Waals surface area contributed by atoms with E-state index in [0.29, 0.717) is 6.04 Å². The zero-order chi connectivity index (χ0) is 10.7. The van der Waals surface area contributed by atoms with Crippen molar-refractivity contribution in [3.05, 3.63) is 11.8 Å². The predicted molar refractivity (Wildman–Crippen MR) is 66.6 cm³/mol. The summed E-state index contributed by atoms with van der Waals surface area (Å²) in [4.78, 5) is 0. The molecule has 1 unspecified atom stereocenters. The van der Waals surface area contributed by atoms with E-state index in [1.165, 1.54) is 29.4 Å². The molecule has 1 atom stereocenters. The molecule has 1 aliphatic heterocycles. The highest BCUT2D eigenvalue weighted by atomic mass is 32.2. The van der Waals surface area contributed by atoms with Gasteiger partial charge >= 0.3 is 0 Å². The van der Waals surface area contributed by atoms with Crippen molar-refractivity contribution in [2.75, 3.05) is 16.8 Å². The molecule has 1 N–H and O–H groups in total. The third-order valence-electron chi connectivity index (χ3n) is 2.72. The van der Waals surface area contributed by atoms with Crippen LogP contribution in [-0.4, -0.2) is 27.3 Å². The summed E-state index contributed by atoms with van der Waals surface area (Å²) >= 11 is 2.03. The highest BCUT2D eigenvalue weighted by Gasteiger charge is 2.16. The first-order chi connectivity index (χ1) is 7.29. The van der Waals surface area contributed by atoms with E-state index >= 15 is 0 Å². The summed E-state index contributed by atoms with van der Waals surface area (Å²) < 4.78 is 1.97. The summed E-state index contributed by atoms with van der Waals surface area (Å²) in [6.45, 7) is 2.19. The number of hydrogen-bond donors (Lipinski definition) is 1. The van der Waals surface area contributed by atoms with E-state index in [4.69, 9.17) is 0 Å². The lowest BCUT2D eigenvalue weighted by Crippen LogP contribution is -2.19. The third-order valence-corrected chi connectivity index (χ3v) is 3.88. The van der Waals surface area contributed by atoms with Crippen LogP contribution < -0.4 is 5.32 Å². The highest BCUT2D eigenvalue weighted by Crippen LogP contribution is 2.21. The fourth-order valence-corrected chi connectivity index (χ4v) is 3.05. The van der Waals surface area contributed by atoms with Crippen molar-refractivity contribution in [2.24, 2.45) is 7.05 Å². The minimum Gasteiger partial charge on any atom is -0.367 e. The lowest BCUT2D eigenvalue weighted by molar-refractivity contribution is 0.718. The van der Waals surface area contributed by atoms with E-state index in [1.54, 1.807) is 0 Å². The Kier molecular flexibility index (Phi) is 3.57. The standard InChI is InChI=1S/C11H19N3S/c1-3-4-9-7-11(14(2)13-9)12-10-5-6-15-8-10/h7,10,12H,3-6,8H2,1-2H3. The van der Waals surface area contributed by atoms with Gasteiger partial charge < -0.3 is 5.32 Å². The molecule has 1 fully saturated rings. The predicted octanol–water partition coefficient (Wildman–Crippen LogP) is 2.29. The van der Waals surface area contributed by atoms with Crippen molar-refractivity contribution in [1.29, 1.82) is 0 Å². The van der Waals surface area contributed by atoms with Crippen LogP contribution in [0.1, 0.15) is 25.5 Å². The molecule has 2 heterocycles. The lowest BCUT2D eigenvalue weighted by atomic mass is 10.2. The van der Waals surface area contributed by atoms with Crippen LogP contribution in [0.3, 0.4) is 0 Å². The van der Waals surface area contributed by atoms with Gasteiger partial charge in [-0.05, 0) is 18.6 Å². The van der Waals surface area contributed by atoms with Crippen molar-refractivity contribution in [2.45, 2.75) is 32.2 Å². The Morgan fingerprint density at radius 1 is 1.67 bits per heavy atom. The SMILES string of the molecule is CCCc1cc(NC2CCSC2)n(C)n1. The van der Waals surface area contributed by atoms with Gasteiger partial charge in [-0.2, -0.15) is 16.9 Å². The average Bonchev–Trinajstić information content (AvgIpc) is 2.79. The normalized spacial score (nSPS) is 20.8. The summed E-state index contributed by atoms with van der Waals surface area (Å²) in [5.41, 5.74) is 1.20. The lowest BCUT2D eigenvalue weighted by Gasteiger charge is -2.11. The van der Waals surface area contributed by atoms with Crippen molar-refractivity contribution >= 4 is 17.6 Å². The van der Waals surface area contributed by atoms with E-state index in [2.05, 4.69) is 23.4 Å². The second-order valence-corrected chi connectivity index (χ2v) is 5.25. The van der Waals surface area contributed by atoms with Gasteiger partial charge in [0, 0.05) is 24.9 Å². The number of aryl methyl sites for hydroxylation is 2. The molecule has 4 heteroatoms. The molecule has 0 radical (unpaired) electrons. The third kappa shape index (κ3) is 2.68. The maximum absolute atomic E-state index is 4.49. The average molecular weight is 225 g/mol.